The number of cyclic esters (lactones) is 1. The molecule has 0 aliphatic carbocycles. The fourth-order valence-corrected chi connectivity index (χ4v) is 3.85. The minimum absolute atomic E-state index is 0.0720. The summed E-state index contributed by atoms with van der Waals surface area (Å²) in [6, 6.07) is 10.6. The molecule has 2 aliphatic heterocycles. The van der Waals surface area contributed by atoms with E-state index in [9.17, 15) is 4.79 Å². The molecule has 2 unspecified atom stereocenters. The lowest BCUT2D eigenvalue weighted by molar-refractivity contribution is 0.0332. The van der Waals surface area contributed by atoms with E-state index >= 15 is 0 Å². The first-order chi connectivity index (χ1) is 12.1. The number of nitrogens with zero attached hydrogens (tertiary/aromatic N) is 2. The Bertz CT molecular complexity index is 543. The molecule has 0 saturated carbocycles. The molecular formula is C20H30N2O3. The second kappa shape index (κ2) is 8.68. The third-order valence-corrected chi connectivity index (χ3v) is 5.09. The largest absolute Gasteiger partial charge is 0.447 e. The molecule has 1 aromatic rings. The molecule has 3 rings (SSSR count). The smallest absolute Gasteiger partial charge is 0.410 e. The summed E-state index contributed by atoms with van der Waals surface area (Å²) >= 11 is 0. The van der Waals surface area contributed by atoms with Crippen LogP contribution >= 0.6 is 0 Å². The number of morpholine rings is 1. The normalized spacial score (nSPS) is 23.1. The van der Waals surface area contributed by atoms with Crippen LogP contribution in [-0.4, -0.2) is 61.4 Å². The van der Waals surface area contributed by atoms with Gasteiger partial charge in [-0.3, -0.25) is 9.80 Å². The van der Waals surface area contributed by atoms with Crippen LogP contribution in [0.15, 0.2) is 30.3 Å². The Morgan fingerprint density at radius 1 is 1.16 bits per heavy atom. The quantitative estimate of drug-likeness (QED) is 0.759. The molecule has 2 saturated heterocycles. The van der Waals surface area contributed by atoms with E-state index in [4.69, 9.17) is 9.47 Å². The Kier molecular flexibility index (Phi) is 6.32. The molecule has 2 aliphatic rings. The summed E-state index contributed by atoms with van der Waals surface area (Å²) in [6.07, 6.45) is 1.74. The van der Waals surface area contributed by atoms with E-state index in [1.165, 1.54) is 5.56 Å². The first-order valence-electron chi connectivity index (χ1n) is 9.45. The van der Waals surface area contributed by atoms with Crippen LogP contribution in [0.1, 0.15) is 38.3 Å². The molecule has 0 N–H and O–H groups in total. The predicted molar refractivity (Wildman–Crippen MR) is 97.5 cm³/mol. The van der Waals surface area contributed by atoms with Gasteiger partial charge >= 0.3 is 6.09 Å². The molecular weight excluding hydrogens is 316 g/mol. The molecule has 138 valence electrons. The Morgan fingerprint density at radius 2 is 1.88 bits per heavy atom. The zero-order chi connectivity index (χ0) is 17.6. The summed E-state index contributed by atoms with van der Waals surface area (Å²) in [7, 11) is 0. The third kappa shape index (κ3) is 4.73. The molecule has 1 aromatic carbocycles. The van der Waals surface area contributed by atoms with Gasteiger partial charge in [0.05, 0.1) is 25.3 Å². The van der Waals surface area contributed by atoms with E-state index in [0.717, 1.165) is 45.7 Å². The van der Waals surface area contributed by atoms with Gasteiger partial charge in [-0.15, -0.1) is 0 Å². The van der Waals surface area contributed by atoms with E-state index in [2.05, 4.69) is 43.0 Å². The van der Waals surface area contributed by atoms with Crippen molar-refractivity contribution in [2.45, 2.75) is 38.8 Å². The van der Waals surface area contributed by atoms with Crippen LogP contribution in [0.2, 0.25) is 0 Å². The Hall–Kier alpha value is -1.59. The highest BCUT2D eigenvalue weighted by Gasteiger charge is 2.39. The summed E-state index contributed by atoms with van der Waals surface area (Å²) in [5.74, 6) is 0.540. The highest BCUT2D eigenvalue weighted by Crippen LogP contribution is 2.33. The summed E-state index contributed by atoms with van der Waals surface area (Å²) in [6.45, 7) is 9.44. The average molecular weight is 346 g/mol. The molecule has 0 bridgehead atoms. The number of hydrogen-bond acceptors (Lipinski definition) is 4. The van der Waals surface area contributed by atoms with Crippen LogP contribution in [0.4, 0.5) is 4.79 Å². The summed E-state index contributed by atoms with van der Waals surface area (Å²) in [5.41, 5.74) is 1.20. The van der Waals surface area contributed by atoms with Crippen molar-refractivity contribution >= 4 is 6.09 Å². The standard InChI is InChI=1S/C20H30N2O3/c1-16(2)14-18-15-25-20(23)22(18)19(17-6-4-3-5-7-17)8-9-21-10-12-24-13-11-21/h3-7,16,18-19H,8-15H2,1-2H3. The van der Waals surface area contributed by atoms with Crippen LogP contribution in [0.25, 0.3) is 0 Å². The minimum atomic E-state index is -0.165. The Morgan fingerprint density at radius 3 is 2.56 bits per heavy atom. The van der Waals surface area contributed by atoms with E-state index < -0.39 is 0 Å². The lowest BCUT2D eigenvalue weighted by Crippen LogP contribution is -2.41. The van der Waals surface area contributed by atoms with Crippen LogP contribution in [0.5, 0.6) is 0 Å². The summed E-state index contributed by atoms with van der Waals surface area (Å²) in [4.78, 5) is 16.9. The van der Waals surface area contributed by atoms with E-state index in [-0.39, 0.29) is 18.2 Å². The molecule has 2 atom stereocenters. The zero-order valence-corrected chi connectivity index (χ0v) is 15.4. The number of ether oxygens (including phenoxy) is 2. The van der Waals surface area contributed by atoms with Crippen molar-refractivity contribution in [3.63, 3.8) is 0 Å². The minimum Gasteiger partial charge on any atom is -0.447 e. The lowest BCUT2D eigenvalue weighted by atomic mass is 9.97. The number of hydrogen-bond donors (Lipinski definition) is 0. The van der Waals surface area contributed by atoms with Crippen molar-refractivity contribution in [2.24, 2.45) is 5.92 Å². The fraction of sp³-hybridized carbons (Fsp3) is 0.650. The maximum atomic E-state index is 12.5. The van der Waals surface area contributed by atoms with Crippen molar-refractivity contribution < 1.29 is 14.3 Å². The van der Waals surface area contributed by atoms with Crippen molar-refractivity contribution in [1.29, 1.82) is 0 Å². The topological polar surface area (TPSA) is 42.0 Å². The maximum absolute atomic E-state index is 12.5. The molecule has 0 spiro atoms. The van der Waals surface area contributed by atoms with E-state index in [0.29, 0.717) is 12.5 Å². The third-order valence-electron chi connectivity index (χ3n) is 5.09. The van der Waals surface area contributed by atoms with Gasteiger partial charge in [-0.2, -0.15) is 0 Å². The van der Waals surface area contributed by atoms with Gasteiger partial charge in [-0.25, -0.2) is 4.79 Å². The summed E-state index contributed by atoms with van der Waals surface area (Å²) < 4.78 is 10.9. The van der Waals surface area contributed by atoms with Crippen molar-refractivity contribution in [3.05, 3.63) is 35.9 Å². The van der Waals surface area contributed by atoms with Crippen molar-refractivity contribution in [1.82, 2.24) is 9.80 Å². The zero-order valence-electron chi connectivity index (χ0n) is 15.4. The van der Waals surface area contributed by atoms with Crippen molar-refractivity contribution in [3.8, 4) is 0 Å². The van der Waals surface area contributed by atoms with Crippen LogP contribution in [0, 0.1) is 5.92 Å². The first kappa shape index (κ1) is 18.2. The SMILES string of the molecule is CC(C)CC1COC(=O)N1C(CCN1CCOCC1)c1ccccc1. The monoisotopic (exact) mass is 346 g/mol. The van der Waals surface area contributed by atoms with Crippen LogP contribution in [0.3, 0.4) is 0 Å². The molecule has 5 nitrogen and oxygen atoms in total. The number of carbonyl (C=O) groups excluding carboxylic acids is 1. The lowest BCUT2D eigenvalue weighted by Gasteiger charge is -2.34. The van der Waals surface area contributed by atoms with Gasteiger partial charge in [0.25, 0.3) is 0 Å². The Labute approximate surface area is 150 Å². The van der Waals surface area contributed by atoms with E-state index in [1.807, 2.05) is 11.0 Å². The van der Waals surface area contributed by atoms with Gasteiger partial charge in [0, 0.05) is 19.6 Å². The van der Waals surface area contributed by atoms with Crippen LogP contribution < -0.4 is 0 Å². The average Bonchev–Trinajstić information content (AvgIpc) is 2.97. The van der Waals surface area contributed by atoms with E-state index in [1.54, 1.807) is 0 Å². The predicted octanol–water partition coefficient (Wildman–Crippen LogP) is 3.32. The summed E-state index contributed by atoms with van der Waals surface area (Å²) in [5, 5.41) is 0. The van der Waals surface area contributed by atoms with Gasteiger partial charge < -0.3 is 9.47 Å². The fourth-order valence-electron chi connectivity index (χ4n) is 3.85. The number of benzene rings is 1. The van der Waals surface area contributed by atoms with Crippen molar-refractivity contribution in [2.75, 3.05) is 39.5 Å². The molecule has 1 amide bonds. The number of carbonyl (C=O) groups is 1. The van der Waals surface area contributed by atoms with Gasteiger partial charge in [-0.1, -0.05) is 44.2 Å². The van der Waals surface area contributed by atoms with Gasteiger partial charge in [0.15, 0.2) is 0 Å². The second-order valence-corrected chi connectivity index (χ2v) is 7.44. The highest BCUT2D eigenvalue weighted by molar-refractivity contribution is 5.70. The van der Waals surface area contributed by atoms with Gasteiger partial charge in [-0.05, 0) is 24.3 Å². The molecule has 0 aromatic heterocycles. The number of amides is 1. The van der Waals surface area contributed by atoms with Gasteiger partial charge in [0.1, 0.15) is 6.61 Å². The molecule has 25 heavy (non-hydrogen) atoms. The van der Waals surface area contributed by atoms with Crippen LogP contribution in [-0.2, 0) is 9.47 Å². The molecule has 2 fully saturated rings. The van der Waals surface area contributed by atoms with Gasteiger partial charge in [0.2, 0.25) is 0 Å². The molecule has 5 heteroatoms. The number of rotatable bonds is 7. The molecule has 0 radical (unpaired) electrons. The first-order valence-corrected chi connectivity index (χ1v) is 9.45. The maximum Gasteiger partial charge on any atom is 0.410 e. The second-order valence-electron chi connectivity index (χ2n) is 7.44. The molecule has 2 heterocycles. The highest BCUT2D eigenvalue weighted by atomic mass is 16.6. The Balaban J connectivity index is 1.76.